The van der Waals surface area contributed by atoms with E-state index in [0.717, 1.165) is 13.0 Å². The van der Waals surface area contributed by atoms with Crippen LogP contribution >= 0.6 is 37.4 Å². The fraction of sp³-hybridized carbons (Fsp3) is 0.833. The molecule has 0 rings (SSSR count). The Kier molecular flexibility index (Phi) is 10.6. The first-order valence-corrected chi connectivity index (χ1v) is 4.25. The molecule has 5 heteroatoms. The van der Waals surface area contributed by atoms with Crippen molar-refractivity contribution in [3.63, 3.8) is 0 Å². The fourth-order valence-electron chi connectivity index (χ4n) is 0.622. The summed E-state index contributed by atoms with van der Waals surface area (Å²) in [5.41, 5.74) is 5.30. The van der Waals surface area contributed by atoms with E-state index >= 15 is 0 Å². The molecule has 0 aromatic carbocycles. The minimum Gasteiger partial charge on any atom is -0.375 e. The predicted octanol–water partition coefficient (Wildman–Crippen LogP) is 1.99. The zero-order chi connectivity index (χ0) is 7.98. The average Bonchev–Trinajstić information content (AvgIpc) is 1.88. The molecule has 0 radical (unpaired) electrons. The molecule has 0 aliphatic heterocycles. The van der Waals surface area contributed by atoms with E-state index in [4.69, 9.17) is 18.0 Å². The third kappa shape index (κ3) is 8.23. The molecule has 0 aromatic heterocycles. The Labute approximate surface area is 85.5 Å². The van der Waals surface area contributed by atoms with E-state index in [2.05, 4.69) is 19.7 Å². The number of nitrogens with two attached hydrogens (primary N) is 1. The summed E-state index contributed by atoms with van der Waals surface area (Å²) < 4.78 is 1.60. The van der Waals surface area contributed by atoms with Crippen molar-refractivity contribution in [3.05, 3.63) is 0 Å². The zero-order valence-corrected chi connectivity index (χ0v) is 9.14. The number of hydrogen-bond donors (Lipinski definition) is 2. The molecular formula is C6H15ClN2S2. The van der Waals surface area contributed by atoms with E-state index in [1.165, 1.54) is 12.8 Å². The summed E-state index contributed by atoms with van der Waals surface area (Å²) in [6.07, 6.45) is 3.52. The molecular weight excluding hydrogens is 200 g/mol. The topological polar surface area (TPSA) is 29.3 Å². The summed E-state index contributed by atoms with van der Waals surface area (Å²) in [5.74, 6) is 0. The van der Waals surface area contributed by atoms with Gasteiger partial charge < -0.3 is 5.73 Å². The molecule has 0 saturated carbocycles. The monoisotopic (exact) mass is 214 g/mol. The highest BCUT2D eigenvalue weighted by Gasteiger charge is 1.97. The van der Waals surface area contributed by atoms with Crippen molar-refractivity contribution in [1.82, 2.24) is 4.31 Å². The number of halogens is 1. The third-order valence-electron chi connectivity index (χ3n) is 1.23. The van der Waals surface area contributed by atoms with Gasteiger partial charge >= 0.3 is 0 Å². The highest BCUT2D eigenvalue weighted by Crippen LogP contribution is 1.99. The highest BCUT2D eigenvalue weighted by molar-refractivity contribution is 7.84. The number of nitrogens with zero attached hydrogens (tertiary/aromatic N) is 1. The molecule has 68 valence electrons. The smallest absolute Gasteiger partial charge is 0.176 e. The van der Waals surface area contributed by atoms with Crippen molar-refractivity contribution >= 4 is 42.6 Å². The summed E-state index contributed by atoms with van der Waals surface area (Å²) in [6, 6.07) is 0. The van der Waals surface area contributed by atoms with Gasteiger partial charge in [0.1, 0.15) is 0 Å². The van der Waals surface area contributed by atoms with Crippen LogP contribution in [-0.4, -0.2) is 16.0 Å². The lowest BCUT2D eigenvalue weighted by Crippen LogP contribution is -2.28. The molecule has 0 aromatic rings. The lowest BCUT2D eigenvalue weighted by molar-refractivity contribution is 0.600. The van der Waals surface area contributed by atoms with Crippen LogP contribution in [0.1, 0.15) is 26.2 Å². The van der Waals surface area contributed by atoms with Gasteiger partial charge in [-0.1, -0.05) is 32.6 Å². The maximum atomic E-state index is 5.30. The minimum absolute atomic E-state index is 0. The molecule has 0 unspecified atom stereocenters. The third-order valence-corrected chi connectivity index (χ3v) is 2.00. The standard InChI is InChI=1S/C6H14N2S2.ClH/c1-2-3-4-5-8(10)6(7)9;/h10H,2-5H2,1H3,(H2,7,9);1H. The van der Waals surface area contributed by atoms with Gasteiger partial charge in [-0.25, -0.2) is 0 Å². The van der Waals surface area contributed by atoms with E-state index in [1.807, 2.05) is 0 Å². The van der Waals surface area contributed by atoms with Gasteiger partial charge in [-0.05, 0) is 18.6 Å². The van der Waals surface area contributed by atoms with Gasteiger partial charge in [0.25, 0.3) is 0 Å². The molecule has 0 saturated heterocycles. The fourth-order valence-corrected chi connectivity index (χ4v) is 0.854. The lowest BCUT2D eigenvalue weighted by Gasteiger charge is -2.13. The molecule has 0 amide bonds. The Morgan fingerprint density at radius 3 is 2.45 bits per heavy atom. The quantitative estimate of drug-likeness (QED) is 0.426. The summed E-state index contributed by atoms with van der Waals surface area (Å²) >= 11 is 8.76. The van der Waals surface area contributed by atoms with Crippen molar-refractivity contribution in [2.75, 3.05) is 6.54 Å². The average molecular weight is 215 g/mol. The normalized spacial score (nSPS) is 8.55. The number of thiol groups is 1. The van der Waals surface area contributed by atoms with E-state index in [9.17, 15) is 0 Å². The zero-order valence-electron chi connectivity index (χ0n) is 6.62. The SMILES string of the molecule is CCCCCN(S)C(N)=S.Cl. The summed E-state index contributed by atoms with van der Waals surface area (Å²) in [6.45, 7) is 3.01. The number of unbranched alkanes of at least 4 members (excludes halogenated alkanes) is 2. The van der Waals surface area contributed by atoms with E-state index in [1.54, 1.807) is 4.31 Å². The molecule has 0 aliphatic rings. The first kappa shape index (κ1) is 13.9. The van der Waals surface area contributed by atoms with Crippen LogP contribution in [0.15, 0.2) is 0 Å². The largest absolute Gasteiger partial charge is 0.375 e. The molecule has 2 nitrogen and oxygen atoms in total. The van der Waals surface area contributed by atoms with Gasteiger partial charge in [-0.15, -0.1) is 12.4 Å². The van der Waals surface area contributed by atoms with Crippen LogP contribution < -0.4 is 5.73 Å². The van der Waals surface area contributed by atoms with Crippen molar-refractivity contribution in [2.24, 2.45) is 5.73 Å². The molecule has 0 aliphatic carbocycles. The summed E-state index contributed by atoms with van der Waals surface area (Å²) in [4.78, 5) is 0. The van der Waals surface area contributed by atoms with Crippen molar-refractivity contribution in [1.29, 1.82) is 0 Å². The van der Waals surface area contributed by atoms with Crippen molar-refractivity contribution < 1.29 is 0 Å². The maximum absolute atomic E-state index is 5.30. The van der Waals surface area contributed by atoms with E-state index in [-0.39, 0.29) is 12.4 Å². The molecule has 0 atom stereocenters. The predicted molar refractivity (Wildman–Crippen MR) is 59.3 cm³/mol. The lowest BCUT2D eigenvalue weighted by atomic mass is 10.2. The molecule has 0 spiro atoms. The van der Waals surface area contributed by atoms with Crippen LogP contribution in [0.2, 0.25) is 0 Å². The summed E-state index contributed by atoms with van der Waals surface area (Å²) in [7, 11) is 0. The maximum Gasteiger partial charge on any atom is 0.176 e. The molecule has 2 N–H and O–H groups in total. The van der Waals surface area contributed by atoms with Gasteiger partial charge in [0.05, 0.1) is 0 Å². The van der Waals surface area contributed by atoms with Crippen LogP contribution in [0.25, 0.3) is 0 Å². The van der Waals surface area contributed by atoms with Crippen LogP contribution in [0.4, 0.5) is 0 Å². The Hall–Kier alpha value is 0.330. The second-order valence-electron chi connectivity index (χ2n) is 2.17. The summed E-state index contributed by atoms with van der Waals surface area (Å²) in [5, 5.41) is 0.361. The van der Waals surface area contributed by atoms with Gasteiger partial charge in [-0.2, -0.15) is 0 Å². The Morgan fingerprint density at radius 2 is 2.09 bits per heavy atom. The van der Waals surface area contributed by atoms with Crippen LogP contribution in [-0.2, 0) is 0 Å². The first-order chi connectivity index (χ1) is 4.68. The minimum atomic E-state index is 0. The van der Waals surface area contributed by atoms with Gasteiger partial charge in [-0.3, -0.25) is 4.31 Å². The van der Waals surface area contributed by atoms with Crippen LogP contribution in [0.3, 0.4) is 0 Å². The van der Waals surface area contributed by atoms with E-state index in [0.29, 0.717) is 5.11 Å². The Morgan fingerprint density at radius 1 is 1.55 bits per heavy atom. The van der Waals surface area contributed by atoms with Gasteiger partial charge in [0.15, 0.2) is 5.11 Å². The molecule has 0 heterocycles. The second-order valence-corrected chi connectivity index (χ2v) is 3.07. The number of thiocarbonyl (C=S) groups is 1. The molecule has 11 heavy (non-hydrogen) atoms. The van der Waals surface area contributed by atoms with Gasteiger partial charge in [0.2, 0.25) is 0 Å². The second kappa shape index (κ2) is 8.43. The number of rotatable bonds is 4. The Bertz CT molecular complexity index is 111. The van der Waals surface area contributed by atoms with Crippen LogP contribution in [0, 0.1) is 0 Å². The highest BCUT2D eigenvalue weighted by atomic mass is 35.5. The molecule has 0 bridgehead atoms. The Balaban J connectivity index is 0. The van der Waals surface area contributed by atoms with Crippen molar-refractivity contribution in [2.45, 2.75) is 26.2 Å². The first-order valence-electron chi connectivity index (χ1n) is 3.44. The van der Waals surface area contributed by atoms with E-state index < -0.39 is 0 Å². The van der Waals surface area contributed by atoms with Crippen molar-refractivity contribution in [3.8, 4) is 0 Å². The van der Waals surface area contributed by atoms with Gasteiger partial charge in [0, 0.05) is 6.54 Å². The number of hydrogen-bond acceptors (Lipinski definition) is 2. The molecule has 0 fully saturated rings. The van der Waals surface area contributed by atoms with Crippen LogP contribution in [0.5, 0.6) is 0 Å².